The van der Waals surface area contributed by atoms with Crippen molar-refractivity contribution in [3.05, 3.63) is 0 Å². The lowest BCUT2D eigenvalue weighted by atomic mass is 9.94. The van der Waals surface area contributed by atoms with Gasteiger partial charge in [-0.15, -0.1) is 0 Å². The summed E-state index contributed by atoms with van der Waals surface area (Å²) in [5.74, 6) is 0.494. The molecule has 1 atom stereocenters. The van der Waals surface area contributed by atoms with Crippen LogP contribution in [0.15, 0.2) is 0 Å². The molecule has 0 aromatic rings. The van der Waals surface area contributed by atoms with E-state index in [0.717, 1.165) is 0 Å². The number of hydrogen-bond acceptors (Lipinski definition) is 2. The van der Waals surface area contributed by atoms with Gasteiger partial charge in [0.25, 0.3) is 0 Å². The first kappa shape index (κ1) is 11.0. The maximum absolute atomic E-state index is 9.81. The quantitative estimate of drug-likeness (QED) is 0.683. The summed E-state index contributed by atoms with van der Waals surface area (Å²) in [5, 5.41) is 9.81. The predicted octanol–water partition coefficient (Wildman–Crippen LogP) is 2.35. The molecule has 0 spiro atoms. The van der Waals surface area contributed by atoms with E-state index >= 15 is 0 Å². The van der Waals surface area contributed by atoms with Crippen molar-refractivity contribution in [1.82, 2.24) is 0 Å². The lowest BCUT2D eigenvalue weighted by molar-refractivity contribution is 0.00491. The molecule has 1 aliphatic carbocycles. The van der Waals surface area contributed by atoms with Crippen LogP contribution in [0.3, 0.4) is 0 Å². The number of aliphatic hydroxyl groups is 1. The smallest absolute Gasteiger partial charge is 0.0801 e. The van der Waals surface area contributed by atoms with Gasteiger partial charge < -0.3 is 9.84 Å². The average molecular weight is 186 g/mol. The molecule has 1 aliphatic rings. The van der Waals surface area contributed by atoms with E-state index in [1.165, 1.54) is 38.5 Å². The van der Waals surface area contributed by atoms with Gasteiger partial charge in [0.2, 0.25) is 0 Å². The third-order valence-corrected chi connectivity index (χ3v) is 2.94. The molecule has 13 heavy (non-hydrogen) atoms. The lowest BCUT2D eigenvalue weighted by Crippen LogP contribution is -2.25. The fourth-order valence-electron chi connectivity index (χ4n) is 2.07. The van der Waals surface area contributed by atoms with Crippen LogP contribution in [0.5, 0.6) is 0 Å². The second kappa shape index (κ2) is 6.39. The third-order valence-electron chi connectivity index (χ3n) is 2.94. The van der Waals surface area contributed by atoms with Gasteiger partial charge >= 0.3 is 0 Å². The van der Waals surface area contributed by atoms with Gasteiger partial charge in [0.1, 0.15) is 0 Å². The molecule has 0 aromatic carbocycles. The van der Waals surface area contributed by atoms with Crippen LogP contribution in [0.25, 0.3) is 0 Å². The van der Waals surface area contributed by atoms with Crippen LogP contribution in [0.4, 0.5) is 0 Å². The van der Waals surface area contributed by atoms with Crippen molar-refractivity contribution in [3.8, 4) is 0 Å². The number of hydrogen-bond donors (Lipinski definition) is 1. The summed E-state index contributed by atoms with van der Waals surface area (Å²) >= 11 is 0. The van der Waals surface area contributed by atoms with Crippen LogP contribution in [0, 0.1) is 5.92 Å². The van der Waals surface area contributed by atoms with Gasteiger partial charge in [-0.25, -0.2) is 0 Å². The Morgan fingerprint density at radius 3 is 2.38 bits per heavy atom. The first-order valence-corrected chi connectivity index (χ1v) is 5.60. The largest absolute Gasteiger partial charge is 0.390 e. The van der Waals surface area contributed by atoms with Crippen LogP contribution in [-0.2, 0) is 4.74 Å². The Labute approximate surface area is 81.3 Å². The van der Waals surface area contributed by atoms with E-state index in [1.807, 2.05) is 6.92 Å². The SMILES string of the molecule is CCOCC(O)C1CCCCCC1. The first-order valence-electron chi connectivity index (χ1n) is 5.60. The molecule has 2 nitrogen and oxygen atoms in total. The van der Waals surface area contributed by atoms with E-state index in [2.05, 4.69) is 0 Å². The van der Waals surface area contributed by atoms with E-state index in [4.69, 9.17) is 4.74 Å². The zero-order valence-electron chi connectivity index (χ0n) is 8.67. The van der Waals surface area contributed by atoms with Crippen LogP contribution in [-0.4, -0.2) is 24.4 Å². The zero-order valence-corrected chi connectivity index (χ0v) is 8.67. The average Bonchev–Trinajstić information content (AvgIpc) is 2.42. The van der Waals surface area contributed by atoms with Crippen molar-refractivity contribution >= 4 is 0 Å². The molecule has 1 N–H and O–H groups in total. The molecule has 0 aromatic heterocycles. The Morgan fingerprint density at radius 1 is 1.23 bits per heavy atom. The molecule has 1 unspecified atom stereocenters. The van der Waals surface area contributed by atoms with Crippen molar-refractivity contribution in [2.24, 2.45) is 5.92 Å². The molecule has 2 heteroatoms. The zero-order chi connectivity index (χ0) is 9.52. The molecule has 0 aliphatic heterocycles. The Balaban J connectivity index is 2.22. The minimum Gasteiger partial charge on any atom is -0.390 e. The minimum atomic E-state index is -0.224. The van der Waals surface area contributed by atoms with Gasteiger partial charge in [0.05, 0.1) is 12.7 Å². The Kier molecular flexibility index (Phi) is 5.40. The number of ether oxygens (including phenoxy) is 1. The highest BCUT2D eigenvalue weighted by atomic mass is 16.5. The van der Waals surface area contributed by atoms with Gasteiger partial charge in [0, 0.05) is 6.61 Å². The summed E-state index contributed by atoms with van der Waals surface area (Å²) in [6.45, 7) is 3.21. The molecule has 1 fully saturated rings. The van der Waals surface area contributed by atoms with Gasteiger partial charge in [-0.3, -0.25) is 0 Å². The first-order chi connectivity index (χ1) is 6.34. The van der Waals surface area contributed by atoms with Crippen LogP contribution < -0.4 is 0 Å². The predicted molar refractivity (Wildman–Crippen MR) is 53.7 cm³/mol. The summed E-state index contributed by atoms with van der Waals surface area (Å²) in [7, 11) is 0. The van der Waals surface area contributed by atoms with E-state index in [1.54, 1.807) is 0 Å². The topological polar surface area (TPSA) is 29.5 Å². The maximum Gasteiger partial charge on any atom is 0.0801 e. The van der Waals surface area contributed by atoms with Crippen molar-refractivity contribution in [2.75, 3.05) is 13.2 Å². The molecule has 0 radical (unpaired) electrons. The fraction of sp³-hybridized carbons (Fsp3) is 1.00. The number of rotatable bonds is 4. The highest BCUT2D eigenvalue weighted by molar-refractivity contribution is 4.71. The Hall–Kier alpha value is -0.0800. The summed E-state index contributed by atoms with van der Waals surface area (Å²) in [5.41, 5.74) is 0. The molecule has 0 amide bonds. The van der Waals surface area contributed by atoms with Crippen LogP contribution >= 0.6 is 0 Å². The standard InChI is InChI=1S/C11H22O2/c1-2-13-9-11(12)10-7-5-3-4-6-8-10/h10-12H,2-9H2,1H3. The lowest BCUT2D eigenvalue weighted by Gasteiger charge is -2.20. The van der Waals surface area contributed by atoms with Crippen LogP contribution in [0.1, 0.15) is 45.4 Å². The highest BCUT2D eigenvalue weighted by Crippen LogP contribution is 2.25. The molecular weight excluding hydrogens is 164 g/mol. The summed E-state index contributed by atoms with van der Waals surface area (Å²) in [6.07, 6.45) is 7.41. The van der Waals surface area contributed by atoms with Crippen molar-refractivity contribution in [3.63, 3.8) is 0 Å². The second-order valence-corrected chi connectivity index (χ2v) is 3.98. The monoisotopic (exact) mass is 186 g/mol. The summed E-state index contributed by atoms with van der Waals surface area (Å²) < 4.78 is 5.24. The van der Waals surface area contributed by atoms with E-state index in [-0.39, 0.29) is 6.10 Å². The molecule has 0 heterocycles. The van der Waals surface area contributed by atoms with Crippen molar-refractivity contribution in [2.45, 2.75) is 51.6 Å². The minimum absolute atomic E-state index is 0.224. The Bertz CT molecular complexity index is 117. The second-order valence-electron chi connectivity index (χ2n) is 3.98. The van der Waals surface area contributed by atoms with E-state index < -0.39 is 0 Å². The van der Waals surface area contributed by atoms with E-state index in [0.29, 0.717) is 19.1 Å². The highest BCUT2D eigenvalue weighted by Gasteiger charge is 2.20. The van der Waals surface area contributed by atoms with Gasteiger partial charge in [-0.1, -0.05) is 25.7 Å². The van der Waals surface area contributed by atoms with Crippen molar-refractivity contribution < 1.29 is 9.84 Å². The Morgan fingerprint density at radius 2 is 1.85 bits per heavy atom. The summed E-state index contributed by atoms with van der Waals surface area (Å²) in [4.78, 5) is 0. The van der Waals surface area contributed by atoms with Crippen molar-refractivity contribution in [1.29, 1.82) is 0 Å². The maximum atomic E-state index is 9.81. The van der Waals surface area contributed by atoms with Gasteiger partial charge in [0.15, 0.2) is 0 Å². The summed E-state index contributed by atoms with van der Waals surface area (Å²) in [6, 6.07) is 0. The van der Waals surface area contributed by atoms with E-state index in [9.17, 15) is 5.11 Å². The normalized spacial score (nSPS) is 22.6. The van der Waals surface area contributed by atoms with Gasteiger partial charge in [-0.05, 0) is 25.7 Å². The molecular formula is C11H22O2. The third kappa shape index (κ3) is 4.10. The molecule has 1 rings (SSSR count). The van der Waals surface area contributed by atoms with Crippen LogP contribution in [0.2, 0.25) is 0 Å². The fourth-order valence-corrected chi connectivity index (χ4v) is 2.07. The molecule has 0 bridgehead atoms. The number of aliphatic hydroxyl groups excluding tert-OH is 1. The molecule has 0 saturated heterocycles. The molecule has 1 saturated carbocycles. The molecule has 78 valence electrons. The van der Waals surface area contributed by atoms with Gasteiger partial charge in [-0.2, -0.15) is 0 Å².